The highest BCUT2D eigenvalue weighted by atomic mass is 35.5. The van der Waals surface area contributed by atoms with Crippen molar-refractivity contribution in [1.82, 2.24) is 0 Å². The van der Waals surface area contributed by atoms with Gasteiger partial charge in [-0.1, -0.05) is 47.5 Å². The molecule has 0 aromatic heterocycles. The largest absolute Gasteiger partial charge is 0.457 e. The monoisotopic (exact) mass is 260 g/mol. The molecule has 0 spiro atoms. The summed E-state index contributed by atoms with van der Waals surface area (Å²) >= 11 is 5.99. The molecule has 0 saturated carbocycles. The molecule has 3 heteroatoms. The predicted molar refractivity (Wildman–Crippen MR) is 71.8 cm³/mol. The highest BCUT2D eigenvalue weighted by Gasteiger charge is 2.08. The van der Waals surface area contributed by atoms with Crippen molar-refractivity contribution in [2.45, 2.75) is 13.5 Å². The van der Waals surface area contributed by atoms with Crippen LogP contribution in [0.3, 0.4) is 0 Å². The summed E-state index contributed by atoms with van der Waals surface area (Å²) in [5.41, 5.74) is 2.39. The Labute approximate surface area is 111 Å². The molecule has 0 atom stereocenters. The Morgan fingerprint density at radius 1 is 1.17 bits per heavy atom. The van der Waals surface area contributed by atoms with Gasteiger partial charge in [-0.15, -0.1) is 0 Å². The second-order valence-corrected chi connectivity index (χ2v) is 4.44. The smallest absolute Gasteiger partial charge is 0.338 e. The van der Waals surface area contributed by atoms with Gasteiger partial charge in [0.1, 0.15) is 6.61 Å². The molecule has 0 amide bonds. The van der Waals surface area contributed by atoms with Crippen molar-refractivity contribution >= 4 is 17.6 Å². The summed E-state index contributed by atoms with van der Waals surface area (Å²) in [6.45, 7) is 2.12. The van der Waals surface area contributed by atoms with E-state index in [-0.39, 0.29) is 12.6 Å². The van der Waals surface area contributed by atoms with Gasteiger partial charge in [-0.25, -0.2) is 4.79 Å². The first-order valence-electron chi connectivity index (χ1n) is 5.64. The third-order valence-electron chi connectivity index (χ3n) is 2.57. The van der Waals surface area contributed by atoms with Crippen LogP contribution >= 0.6 is 11.6 Å². The first-order valence-corrected chi connectivity index (χ1v) is 6.02. The van der Waals surface area contributed by atoms with Gasteiger partial charge in [0, 0.05) is 10.6 Å². The van der Waals surface area contributed by atoms with E-state index < -0.39 is 0 Å². The van der Waals surface area contributed by atoms with Crippen molar-refractivity contribution in [3.63, 3.8) is 0 Å². The third-order valence-corrected chi connectivity index (χ3v) is 2.94. The Hall–Kier alpha value is -1.80. The highest BCUT2D eigenvalue weighted by molar-refractivity contribution is 6.31. The van der Waals surface area contributed by atoms with Crippen LogP contribution in [0.25, 0.3) is 0 Å². The number of rotatable bonds is 3. The van der Waals surface area contributed by atoms with Crippen molar-refractivity contribution in [2.75, 3.05) is 0 Å². The van der Waals surface area contributed by atoms with E-state index in [1.54, 1.807) is 18.2 Å². The first kappa shape index (κ1) is 12.7. The Bertz CT molecular complexity index is 564. The molecule has 2 aromatic carbocycles. The molecule has 0 radical (unpaired) electrons. The zero-order valence-corrected chi connectivity index (χ0v) is 10.8. The van der Waals surface area contributed by atoms with E-state index in [1.165, 1.54) is 0 Å². The van der Waals surface area contributed by atoms with Crippen molar-refractivity contribution < 1.29 is 9.53 Å². The number of esters is 1. The first-order chi connectivity index (χ1) is 8.66. The van der Waals surface area contributed by atoms with E-state index in [2.05, 4.69) is 0 Å². The van der Waals surface area contributed by atoms with Gasteiger partial charge >= 0.3 is 5.97 Å². The molecular weight excluding hydrogens is 248 g/mol. The summed E-state index contributed by atoms with van der Waals surface area (Å²) in [6.07, 6.45) is 0. The maximum absolute atomic E-state index is 11.8. The Kier molecular flexibility index (Phi) is 4.00. The van der Waals surface area contributed by atoms with Gasteiger partial charge in [-0.3, -0.25) is 0 Å². The number of hydrogen-bond donors (Lipinski definition) is 0. The average molecular weight is 261 g/mol. The minimum Gasteiger partial charge on any atom is -0.457 e. The number of carbonyl (C=O) groups excluding carboxylic acids is 1. The van der Waals surface area contributed by atoms with Gasteiger partial charge < -0.3 is 4.74 Å². The molecule has 0 unspecified atom stereocenters. The number of benzene rings is 2. The van der Waals surface area contributed by atoms with Crippen LogP contribution in [0.5, 0.6) is 0 Å². The lowest BCUT2D eigenvalue weighted by Crippen LogP contribution is -2.05. The summed E-state index contributed by atoms with van der Waals surface area (Å²) in [5.74, 6) is -0.335. The zero-order valence-electron chi connectivity index (χ0n) is 10.0. The molecule has 0 N–H and O–H groups in total. The van der Waals surface area contributed by atoms with Crippen molar-refractivity contribution in [3.05, 3.63) is 70.2 Å². The van der Waals surface area contributed by atoms with E-state index in [0.29, 0.717) is 10.6 Å². The number of carbonyl (C=O) groups is 1. The highest BCUT2D eigenvalue weighted by Crippen LogP contribution is 2.16. The summed E-state index contributed by atoms with van der Waals surface area (Å²) in [6, 6.07) is 14.6. The van der Waals surface area contributed by atoms with Gasteiger partial charge in [-0.05, 0) is 25.1 Å². The molecule has 2 aromatic rings. The van der Waals surface area contributed by atoms with E-state index in [4.69, 9.17) is 16.3 Å². The topological polar surface area (TPSA) is 26.3 Å². The Balaban J connectivity index is 2.03. The normalized spacial score (nSPS) is 10.1. The van der Waals surface area contributed by atoms with Gasteiger partial charge in [0.15, 0.2) is 0 Å². The van der Waals surface area contributed by atoms with Crippen molar-refractivity contribution in [3.8, 4) is 0 Å². The average Bonchev–Trinajstić information content (AvgIpc) is 2.37. The van der Waals surface area contributed by atoms with Crippen LogP contribution in [0.4, 0.5) is 0 Å². The van der Waals surface area contributed by atoms with Gasteiger partial charge in [0.2, 0.25) is 0 Å². The van der Waals surface area contributed by atoms with E-state index in [0.717, 1.165) is 11.1 Å². The SMILES string of the molecule is Cc1cccc(C(=O)OCc2ccccc2Cl)c1. The van der Waals surface area contributed by atoms with E-state index in [1.807, 2.05) is 37.3 Å². The molecule has 18 heavy (non-hydrogen) atoms. The Morgan fingerprint density at radius 3 is 2.67 bits per heavy atom. The fraction of sp³-hybridized carbons (Fsp3) is 0.133. The molecular formula is C15H13ClO2. The minimum atomic E-state index is -0.335. The molecule has 0 saturated heterocycles. The maximum atomic E-state index is 11.8. The molecule has 0 aliphatic rings. The van der Waals surface area contributed by atoms with Crippen LogP contribution in [-0.2, 0) is 11.3 Å². The van der Waals surface area contributed by atoms with Gasteiger partial charge in [-0.2, -0.15) is 0 Å². The summed E-state index contributed by atoms with van der Waals surface area (Å²) in [7, 11) is 0. The van der Waals surface area contributed by atoms with Crippen LogP contribution < -0.4 is 0 Å². The molecule has 2 nitrogen and oxygen atoms in total. The molecule has 0 aliphatic carbocycles. The van der Waals surface area contributed by atoms with Crippen LogP contribution in [0.1, 0.15) is 21.5 Å². The lowest BCUT2D eigenvalue weighted by atomic mass is 10.1. The van der Waals surface area contributed by atoms with E-state index in [9.17, 15) is 4.79 Å². The van der Waals surface area contributed by atoms with Crippen LogP contribution in [0.15, 0.2) is 48.5 Å². The molecule has 0 bridgehead atoms. The molecule has 0 fully saturated rings. The second-order valence-electron chi connectivity index (χ2n) is 4.04. The maximum Gasteiger partial charge on any atom is 0.338 e. The standard InChI is InChI=1S/C15H13ClO2/c1-11-5-4-7-12(9-11)15(17)18-10-13-6-2-3-8-14(13)16/h2-9H,10H2,1H3. The molecule has 92 valence electrons. The number of halogens is 1. The molecule has 0 heterocycles. The predicted octanol–water partition coefficient (Wildman–Crippen LogP) is 4.01. The summed E-state index contributed by atoms with van der Waals surface area (Å²) < 4.78 is 5.23. The van der Waals surface area contributed by atoms with Crippen LogP contribution in [0, 0.1) is 6.92 Å². The zero-order chi connectivity index (χ0) is 13.0. The third kappa shape index (κ3) is 3.11. The quantitative estimate of drug-likeness (QED) is 0.780. The van der Waals surface area contributed by atoms with Crippen molar-refractivity contribution in [2.24, 2.45) is 0 Å². The van der Waals surface area contributed by atoms with E-state index >= 15 is 0 Å². The Morgan fingerprint density at radius 2 is 1.94 bits per heavy atom. The fourth-order valence-electron chi connectivity index (χ4n) is 1.61. The number of hydrogen-bond acceptors (Lipinski definition) is 2. The lowest BCUT2D eigenvalue weighted by molar-refractivity contribution is 0.0473. The van der Waals surface area contributed by atoms with Crippen LogP contribution in [0.2, 0.25) is 5.02 Å². The molecule has 2 rings (SSSR count). The molecule has 0 aliphatic heterocycles. The van der Waals surface area contributed by atoms with Gasteiger partial charge in [0.05, 0.1) is 5.56 Å². The lowest BCUT2D eigenvalue weighted by Gasteiger charge is -2.06. The summed E-state index contributed by atoms with van der Waals surface area (Å²) in [5, 5.41) is 0.606. The number of aryl methyl sites for hydroxylation is 1. The van der Waals surface area contributed by atoms with Crippen molar-refractivity contribution in [1.29, 1.82) is 0 Å². The van der Waals surface area contributed by atoms with Gasteiger partial charge in [0.25, 0.3) is 0 Å². The summed E-state index contributed by atoms with van der Waals surface area (Å²) in [4.78, 5) is 11.8. The van der Waals surface area contributed by atoms with Crippen LogP contribution in [-0.4, -0.2) is 5.97 Å². The second kappa shape index (κ2) is 5.69. The minimum absolute atomic E-state index is 0.187. The number of ether oxygens (including phenoxy) is 1. The fourth-order valence-corrected chi connectivity index (χ4v) is 1.80.